The van der Waals surface area contributed by atoms with Crippen LogP contribution in [0.4, 0.5) is 5.69 Å². The standard InChI is InChI=1S/C21H27N3O3/c1-5-6-9-24-18(25)15-16(19(24)26)21(23-17(15)11(2)3)13-10-12(4)7-8-14(13)22-20(21)27/h7-8,10-11,15-17,23H,5-6,9H2,1-4H3,(H,22,27)/t15-,16-,17?,21?/m0/s1. The van der Waals surface area contributed by atoms with E-state index in [0.717, 1.165) is 29.7 Å². The van der Waals surface area contributed by atoms with E-state index < -0.39 is 17.4 Å². The molecule has 2 N–H and O–H groups in total. The van der Waals surface area contributed by atoms with Gasteiger partial charge in [-0.15, -0.1) is 0 Å². The van der Waals surface area contributed by atoms with Crippen LogP contribution in [0.5, 0.6) is 0 Å². The molecule has 144 valence electrons. The number of aryl methyl sites for hydroxylation is 1. The Morgan fingerprint density at radius 3 is 2.59 bits per heavy atom. The van der Waals surface area contributed by atoms with Gasteiger partial charge in [0.1, 0.15) is 5.54 Å². The van der Waals surface area contributed by atoms with Crippen LogP contribution in [0.1, 0.15) is 44.7 Å². The highest BCUT2D eigenvalue weighted by Crippen LogP contribution is 2.54. The number of imide groups is 1. The van der Waals surface area contributed by atoms with E-state index in [2.05, 4.69) is 10.6 Å². The molecule has 0 bridgehead atoms. The number of rotatable bonds is 4. The Morgan fingerprint density at radius 1 is 1.19 bits per heavy atom. The fourth-order valence-electron chi connectivity index (χ4n) is 5.02. The fourth-order valence-corrected chi connectivity index (χ4v) is 5.02. The van der Waals surface area contributed by atoms with Gasteiger partial charge in [-0.3, -0.25) is 24.6 Å². The fraction of sp³-hybridized carbons (Fsp3) is 0.571. The van der Waals surface area contributed by atoms with Crippen molar-refractivity contribution in [3.63, 3.8) is 0 Å². The second kappa shape index (κ2) is 6.16. The van der Waals surface area contributed by atoms with Gasteiger partial charge >= 0.3 is 0 Å². The van der Waals surface area contributed by atoms with Gasteiger partial charge in [-0.1, -0.05) is 44.9 Å². The zero-order valence-electron chi connectivity index (χ0n) is 16.3. The summed E-state index contributed by atoms with van der Waals surface area (Å²) in [4.78, 5) is 41.1. The lowest BCUT2D eigenvalue weighted by molar-refractivity contribution is -0.143. The normalized spacial score (nSPS) is 31.8. The minimum Gasteiger partial charge on any atom is -0.324 e. The van der Waals surface area contributed by atoms with Crippen LogP contribution in [0.2, 0.25) is 0 Å². The van der Waals surface area contributed by atoms with Gasteiger partial charge in [0.2, 0.25) is 17.7 Å². The molecule has 4 rings (SSSR count). The molecule has 1 spiro atoms. The van der Waals surface area contributed by atoms with Crippen LogP contribution in [0.15, 0.2) is 18.2 Å². The quantitative estimate of drug-likeness (QED) is 0.798. The Labute approximate surface area is 159 Å². The van der Waals surface area contributed by atoms with Crippen molar-refractivity contribution in [2.45, 2.75) is 52.1 Å². The number of carbonyl (C=O) groups is 3. The van der Waals surface area contributed by atoms with Gasteiger partial charge in [-0.2, -0.15) is 0 Å². The minimum atomic E-state index is -1.16. The highest BCUT2D eigenvalue weighted by molar-refractivity contribution is 6.15. The Balaban J connectivity index is 1.86. The molecule has 1 aromatic rings. The summed E-state index contributed by atoms with van der Waals surface area (Å²) in [5.74, 6) is -1.61. The third kappa shape index (κ3) is 2.32. The lowest BCUT2D eigenvalue weighted by Crippen LogP contribution is -2.54. The largest absolute Gasteiger partial charge is 0.324 e. The van der Waals surface area contributed by atoms with E-state index in [9.17, 15) is 14.4 Å². The zero-order valence-corrected chi connectivity index (χ0v) is 16.3. The zero-order chi connectivity index (χ0) is 19.5. The number of unbranched alkanes of at least 4 members (excludes halogenated alkanes) is 1. The predicted octanol–water partition coefficient (Wildman–Crippen LogP) is 2.17. The number of hydrogen-bond acceptors (Lipinski definition) is 4. The first-order valence-electron chi connectivity index (χ1n) is 9.88. The van der Waals surface area contributed by atoms with Crippen LogP contribution in [0.3, 0.4) is 0 Å². The molecule has 0 radical (unpaired) electrons. The topological polar surface area (TPSA) is 78.5 Å². The van der Waals surface area contributed by atoms with Crippen LogP contribution in [-0.4, -0.2) is 35.2 Å². The minimum absolute atomic E-state index is 0.126. The van der Waals surface area contributed by atoms with Crippen LogP contribution in [0.25, 0.3) is 0 Å². The number of benzene rings is 1. The second-order valence-electron chi connectivity index (χ2n) is 8.41. The van der Waals surface area contributed by atoms with E-state index in [4.69, 9.17) is 0 Å². The molecule has 27 heavy (non-hydrogen) atoms. The van der Waals surface area contributed by atoms with Crippen molar-refractivity contribution in [1.29, 1.82) is 0 Å². The Morgan fingerprint density at radius 2 is 1.93 bits per heavy atom. The first-order valence-corrected chi connectivity index (χ1v) is 9.88. The molecule has 6 heteroatoms. The molecule has 3 heterocycles. The average Bonchev–Trinajstić information content (AvgIpc) is 3.20. The molecule has 1 aromatic carbocycles. The third-order valence-electron chi connectivity index (χ3n) is 6.35. The van der Waals surface area contributed by atoms with Crippen molar-refractivity contribution in [1.82, 2.24) is 10.2 Å². The Kier molecular flexibility index (Phi) is 4.14. The number of hydrogen-bond donors (Lipinski definition) is 2. The Bertz CT molecular complexity index is 834. The molecule has 2 saturated heterocycles. The number of nitrogens with one attached hydrogen (secondary N) is 2. The van der Waals surface area contributed by atoms with E-state index in [0.29, 0.717) is 6.54 Å². The maximum Gasteiger partial charge on any atom is 0.250 e. The summed E-state index contributed by atoms with van der Waals surface area (Å²) >= 11 is 0. The average molecular weight is 369 g/mol. The highest BCUT2D eigenvalue weighted by atomic mass is 16.2. The number of carbonyl (C=O) groups excluding carboxylic acids is 3. The highest BCUT2D eigenvalue weighted by Gasteiger charge is 2.70. The van der Waals surface area contributed by atoms with Crippen molar-refractivity contribution in [3.05, 3.63) is 29.3 Å². The molecule has 4 atom stereocenters. The first-order chi connectivity index (χ1) is 12.8. The molecule has 3 amide bonds. The van der Waals surface area contributed by atoms with Gasteiger partial charge in [0.05, 0.1) is 11.8 Å². The number of anilines is 1. The van der Waals surface area contributed by atoms with E-state index in [1.54, 1.807) is 0 Å². The molecule has 3 aliphatic rings. The molecular weight excluding hydrogens is 342 g/mol. The molecule has 0 aromatic heterocycles. The first kappa shape index (κ1) is 18.2. The summed E-state index contributed by atoms with van der Waals surface area (Å²) in [5.41, 5.74) is 1.39. The maximum absolute atomic E-state index is 13.4. The summed E-state index contributed by atoms with van der Waals surface area (Å²) in [6.07, 6.45) is 1.69. The van der Waals surface area contributed by atoms with Crippen LogP contribution in [-0.2, 0) is 19.9 Å². The lowest BCUT2D eigenvalue weighted by atomic mass is 9.75. The van der Waals surface area contributed by atoms with Gasteiger partial charge in [-0.05, 0) is 25.3 Å². The Hall–Kier alpha value is -2.21. The van der Waals surface area contributed by atoms with E-state index in [1.165, 1.54) is 4.90 Å². The van der Waals surface area contributed by atoms with Gasteiger partial charge in [0.15, 0.2) is 0 Å². The van der Waals surface area contributed by atoms with Gasteiger partial charge in [0.25, 0.3) is 0 Å². The van der Waals surface area contributed by atoms with Crippen molar-refractivity contribution in [3.8, 4) is 0 Å². The number of fused-ring (bicyclic) bond motifs is 4. The van der Waals surface area contributed by atoms with Crippen LogP contribution < -0.4 is 10.6 Å². The molecule has 0 saturated carbocycles. The number of nitrogens with zero attached hydrogens (tertiary/aromatic N) is 1. The number of likely N-dealkylation sites (tertiary alicyclic amines) is 1. The molecule has 2 unspecified atom stereocenters. The van der Waals surface area contributed by atoms with Crippen molar-refractivity contribution in [2.24, 2.45) is 17.8 Å². The molecule has 0 aliphatic carbocycles. The maximum atomic E-state index is 13.4. The predicted molar refractivity (Wildman–Crippen MR) is 102 cm³/mol. The summed E-state index contributed by atoms with van der Waals surface area (Å²) < 4.78 is 0. The van der Waals surface area contributed by atoms with Crippen molar-refractivity contribution < 1.29 is 14.4 Å². The van der Waals surface area contributed by atoms with Gasteiger partial charge in [0, 0.05) is 23.8 Å². The SMILES string of the molecule is CCCCN1C(=O)[C@@H]2C(C(C)C)NC3(C(=O)Nc4ccc(C)cc43)[C@@H]2C1=O. The molecule has 2 fully saturated rings. The van der Waals surface area contributed by atoms with Crippen LogP contribution in [0, 0.1) is 24.7 Å². The third-order valence-corrected chi connectivity index (χ3v) is 6.35. The van der Waals surface area contributed by atoms with Crippen molar-refractivity contribution >= 4 is 23.4 Å². The monoisotopic (exact) mass is 369 g/mol. The van der Waals surface area contributed by atoms with E-state index >= 15 is 0 Å². The summed E-state index contributed by atoms with van der Waals surface area (Å²) in [6.45, 7) is 8.51. The summed E-state index contributed by atoms with van der Waals surface area (Å²) in [7, 11) is 0. The van der Waals surface area contributed by atoms with E-state index in [1.807, 2.05) is 45.9 Å². The second-order valence-corrected chi connectivity index (χ2v) is 8.41. The van der Waals surface area contributed by atoms with E-state index in [-0.39, 0.29) is 29.7 Å². The van der Waals surface area contributed by atoms with Crippen LogP contribution >= 0.6 is 0 Å². The van der Waals surface area contributed by atoms with Gasteiger partial charge in [-0.25, -0.2) is 0 Å². The van der Waals surface area contributed by atoms with Crippen molar-refractivity contribution in [2.75, 3.05) is 11.9 Å². The summed E-state index contributed by atoms with van der Waals surface area (Å²) in [5, 5.41) is 6.40. The molecular formula is C21H27N3O3. The smallest absolute Gasteiger partial charge is 0.250 e. The van der Waals surface area contributed by atoms with Gasteiger partial charge < -0.3 is 5.32 Å². The summed E-state index contributed by atoms with van der Waals surface area (Å²) in [6, 6.07) is 5.58. The number of amides is 3. The lowest BCUT2D eigenvalue weighted by Gasteiger charge is -2.30. The molecule has 6 nitrogen and oxygen atoms in total. The molecule has 3 aliphatic heterocycles.